The lowest BCUT2D eigenvalue weighted by Gasteiger charge is -2.15. The first-order chi connectivity index (χ1) is 8.77. The van der Waals surface area contributed by atoms with Crippen molar-refractivity contribution in [2.75, 3.05) is 20.1 Å². The lowest BCUT2D eigenvalue weighted by Crippen LogP contribution is -2.33. The normalized spacial score (nSPS) is 13.5. The van der Waals surface area contributed by atoms with E-state index in [-0.39, 0.29) is 5.92 Å². The fourth-order valence-electron chi connectivity index (χ4n) is 2.34. The molecule has 1 rings (SSSR count). The third kappa shape index (κ3) is 4.30. The summed E-state index contributed by atoms with van der Waals surface area (Å²) in [4.78, 5) is 0.412. The van der Waals surface area contributed by atoms with Gasteiger partial charge in [0.2, 0.25) is 10.0 Å². The zero-order valence-electron chi connectivity index (χ0n) is 12.4. The maximum Gasteiger partial charge on any atom is 0.241 e. The van der Waals surface area contributed by atoms with Gasteiger partial charge in [-0.1, -0.05) is 24.6 Å². The highest BCUT2D eigenvalue weighted by atomic mass is 32.2. The third-order valence-electron chi connectivity index (χ3n) is 3.05. The lowest BCUT2D eigenvalue weighted by atomic mass is 10.1. The van der Waals surface area contributed by atoms with Crippen molar-refractivity contribution in [2.24, 2.45) is 5.92 Å². The van der Waals surface area contributed by atoms with E-state index in [1.54, 1.807) is 0 Å². The second-order valence-electron chi connectivity index (χ2n) is 5.24. The highest BCUT2D eigenvalue weighted by Crippen LogP contribution is 2.21. The van der Waals surface area contributed by atoms with Crippen LogP contribution in [0.2, 0.25) is 0 Å². The molecule has 1 aromatic carbocycles. The van der Waals surface area contributed by atoms with Crippen LogP contribution in [0, 0.1) is 26.7 Å². The van der Waals surface area contributed by atoms with Gasteiger partial charge in [-0.2, -0.15) is 0 Å². The van der Waals surface area contributed by atoms with Gasteiger partial charge in [0.15, 0.2) is 0 Å². The number of aryl methyl sites for hydroxylation is 3. The second kappa shape index (κ2) is 6.50. The zero-order valence-corrected chi connectivity index (χ0v) is 13.2. The summed E-state index contributed by atoms with van der Waals surface area (Å²) in [6.07, 6.45) is 0. The zero-order chi connectivity index (χ0) is 14.6. The molecule has 1 unspecified atom stereocenters. The van der Waals surface area contributed by atoms with Crippen molar-refractivity contribution < 1.29 is 8.42 Å². The third-order valence-corrected chi connectivity index (χ3v) is 4.78. The first-order valence-corrected chi connectivity index (χ1v) is 7.98. The molecule has 0 aliphatic carbocycles. The van der Waals surface area contributed by atoms with Crippen molar-refractivity contribution >= 4 is 10.0 Å². The Morgan fingerprint density at radius 3 is 2.11 bits per heavy atom. The number of sulfonamides is 1. The second-order valence-corrected chi connectivity index (χ2v) is 6.95. The highest BCUT2D eigenvalue weighted by Gasteiger charge is 2.20. The average Bonchev–Trinajstić information content (AvgIpc) is 2.25. The first kappa shape index (κ1) is 16.1. The standard InChI is InChI=1S/C14H24N2O2S/c1-10-6-12(3)14(13(4)7-10)19(17,18)16-9-11(2)8-15-5/h6-7,11,15-16H,8-9H2,1-5H3. The molecule has 5 heteroatoms. The summed E-state index contributed by atoms with van der Waals surface area (Å²) in [5, 5.41) is 3.04. The van der Waals surface area contributed by atoms with Crippen molar-refractivity contribution in [1.82, 2.24) is 10.0 Å². The Kier molecular flexibility index (Phi) is 5.52. The van der Waals surface area contributed by atoms with Crippen molar-refractivity contribution in [3.63, 3.8) is 0 Å². The van der Waals surface area contributed by atoms with E-state index in [0.29, 0.717) is 11.4 Å². The van der Waals surface area contributed by atoms with E-state index in [1.165, 1.54) is 0 Å². The van der Waals surface area contributed by atoms with E-state index >= 15 is 0 Å². The molecule has 0 aliphatic heterocycles. The molecule has 0 aromatic heterocycles. The van der Waals surface area contributed by atoms with E-state index in [0.717, 1.165) is 23.2 Å². The molecule has 0 aliphatic rings. The van der Waals surface area contributed by atoms with E-state index in [1.807, 2.05) is 46.9 Å². The molecular formula is C14H24N2O2S. The molecule has 0 fully saturated rings. The van der Waals surface area contributed by atoms with Gasteiger partial charge in [0.05, 0.1) is 4.90 Å². The van der Waals surface area contributed by atoms with Crippen LogP contribution in [0.5, 0.6) is 0 Å². The Morgan fingerprint density at radius 2 is 1.63 bits per heavy atom. The lowest BCUT2D eigenvalue weighted by molar-refractivity contribution is 0.518. The van der Waals surface area contributed by atoms with Crippen LogP contribution in [-0.4, -0.2) is 28.6 Å². The Morgan fingerprint density at radius 1 is 1.11 bits per heavy atom. The minimum Gasteiger partial charge on any atom is -0.319 e. The molecule has 0 bridgehead atoms. The van der Waals surface area contributed by atoms with Gasteiger partial charge in [-0.15, -0.1) is 0 Å². The molecule has 0 saturated heterocycles. The molecule has 108 valence electrons. The minimum absolute atomic E-state index is 0.255. The molecule has 0 radical (unpaired) electrons. The summed E-state index contributed by atoms with van der Waals surface area (Å²) in [5.74, 6) is 0.255. The van der Waals surface area contributed by atoms with Gasteiger partial charge < -0.3 is 5.32 Å². The van der Waals surface area contributed by atoms with Gasteiger partial charge in [0, 0.05) is 6.54 Å². The summed E-state index contributed by atoms with van der Waals surface area (Å²) in [5.41, 5.74) is 2.68. The van der Waals surface area contributed by atoms with Crippen LogP contribution in [0.3, 0.4) is 0 Å². The Labute approximate surface area is 116 Å². The fourth-order valence-corrected chi connectivity index (χ4v) is 3.95. The summed E-state index contributed by atoms with van der Waals surface area (Å²) >= 11 is 0. The van der Waals surface area contributed by atoms with Crippen LogP contribution in [0.25, 0.3) is 0 Å². The number of rotatable bonds is 6. The molecule has 0 amide bonds. The monoisotopic (exact) mass is 284 g/mol. The van der Waals surface area contributed by atoms with Crippen LogP contribution in [0.4, 0.5) is 0 Å². The van der Waals surface area contributed by atoms with Gasteiger partial charge in [0.25, 0.3) is 0 Å². The van der Waals surface area contributed by atoms with Crippen LogP contribution < -0.4 is 10.0 Å². The summed E-state index contributed by atoms with van der Waals surface area (Å²) in [6, 6.07) is 3.80. The molecule has 2 N–H and O–H groups in total. The van der Waals surface area contributed by atoms with E-state index < -0.39 is 10.0 Å². The minimum atomic E-state index is -3.43. The molecule has 1 aromatic rings. The molecule has 1 atom stereocenters. The van der Waals surface area contributed by atoms with Crippen LogP contribution in [0.1, 0.15) is 23.6 Å². The SMILES string of the molecule is CNCC(C)CNS(=O)(=O)c1c(C)cc(C)cc1C. The topological polar surface area (TPSA) is 58.2 Å². The fraction of sp³-hybridized carbons (Fsp3) is 0.571. The summed E-state index contributed by atoms with van der Waals surface area (Å²) < 4.78 is 27.4. The Bertz CT molecular complexity index is 515. The van der Waals surface area contributed by atoms with Crippen molar-refractivity contribution in [3.05, 3.63) is 28.8 Å². The quantitative estimate of drug-likeness (QED) is 0.836. The van der Waals surface area contributed by atoms with Crippen LogP contribution >= 0.6 is 0 Å². The highest BCUT2D eigenvalue weighted by molar-refractivity contribution is 7.89. The van der Waals surface area contributed by atoms with Gasteiger partial charge in [0.1, 0.15) is 0 Å². The Balaban J connectivity index is 2.95. The van der Waals surface area contributed by atoms with Crippen LogP contribution in [-0.2, 0) is 10.0 Å². The van der Waals surface area contributed by atoms with E-state index in [9.17, 15) is 8.42 Å². The van der Waals surface area contributed by atoms with E-state index in [4.69, 9.17) is 0 Å². The maximum absolute atomic E-state index is 12.4. The molecule has 0 spiro atoms. The van der Waals surface area contributed by atoms with Gasteiger partial charge in [-0.25, -0.2) is 13.1 Å². The number of benzene rings is 1. The largest absolute Gasteiger partial charge is 0.319 e. The molecule has 0 heterocycles. The van der Waals surface area contributed by atoms with Gasteiger partial charge >= 0.3 is 0 Å². The number of hydrogen-bond donors (Lipinski definition) is 2. The molecule has 19 heavy (non-hydrogen) atoms. The Hall–Kier alpha value is -0.910. The van der Waals surface area contributed by atoms with Crippen molar-refractivity contribution in [3.8, 4) is 0 Å². The van der Waals surface area contributed by atoms with Gasteiger partial charge in [-0.05, 0) is 51.4 Å². The van der Waals surface area contributed by atoms with E-state index in [2.05, 4.69) is 10.0 Å². The number of hydrogen-bond acceptors (Lipinski definition) is 3. The summed E-state index contributed by atoms with van der Waals surface area (Å²) in [7, 11) is -1.57. The predicted molar refractivity (Wildman–Crippen MR) is 78.9 cm³/mol. The number of nitrogens with one attached hydrogen (secondary N) is 2. The smallest absolute Gasteiger partial charge is 0.241 e. The van der Waals surface area contributed by atoms with Crippen molar-refractivity contribution in [1.29, 1.82) is 0 Å². The first-order valence-electron chi connectivity index (χ1n) is 6.50. The van der Waals surface area contributed by atoms with Crippen molar-refractivity contribution in [2.45, 2.75) is 32.6 Å². The summed E-state index contributed by atoms with van der Waals surface area (Å²) in [6.45, 7) is 8.88. The predicted octanol–water partition coefficient (Wildman–Crippen LogP) is 1.75. The molecular weight excluding hydrogens is 260 g/mol. The molecule has 4 nitrogen and oxygen atoms in total. The maximum atomic E-state index is 12.4. The molecule has 0 saturated carbocycles. The average molecular weight is 284 g/mol. The van der Waals surface area contributed by atoms with Crippen LogP contribution in [0.15, 0.2) is 17.0 Å². The van der Waals surface area contributed by atoms with Gasteiger partial charge in [-0.3, -0.25) is 0 Å².